The van der Waals surface area contributed by atoms with Crippen LogP contribution in [0.3, 0.4) is 0 Å². The van der Waals surface area contributed by atoms with Crippen molar-refractivity contribution < 1.29 is 22.6 Å². The minimum atomic E-state index is -4.73. The van der Waals surface area contributed by atoms with E-state index in [0.29, 0.717) is 29.5 Å². The first-order valence-corrected chi connectivity index (χ1v) is 11.4. The van der Waals surface area contributed by atoms with Crippen molar-refractivity contribution in [2.75, 3.05) is 31.6 Å². The highest BCUT2D eigenvalue weighted by Crippen LogP contribution is 2.27. The molecule has 0 radical (unpaired) electrons. The minimum Gasteiger partial charge on any atom is -0.492 e. The number of pyridine rings is 1. The van der Waals surface area contributed by atoms with E-state index in [-0.39, 0.29) is 5.75 Å². The minimum absolute atomic E-state index is 0.280. The van der Waals surface area contributed by atoms with Crippen molar-refractivity contribution in [3.63, 3.8) is 0 Å². The van der Waals surface area contributed by atoms with Gasteiger partial charge in [-0.05, 0) is 86.6 Å². The second kappa shape index (κ2) is 9.83. The van der Waals surface area contributed by atoms with Gasteiger partial charge in [-0.15, -0.1) is 18.3 Å². The largest absolute Gasteiger partial charge is 0.573 e. The maximum absolute atomic E-state index is 12.4. The highest BCUT2D eigenvalue weighted by atomic mass is 19.4. The molecule has 0 unspecified atom stereocenters. The highest BCUT2D eigenvalue weighted by Gasteiger charge is 2.31. The lowest BCUT2D eigenvalue weighted by atomic mass is 10.1. The van der Waals surface area contributed by atoms with Gasteiger partial charge in [-0.1, -0.05) is 6.07 Å². The van der Waals surface area contributed by atoms with Crippen LogP contribution >= 0.6 is 0 Å². The molecule has 2 aromatic heterocycles. The third kappa shape index (κ3) is 5.83. The van der Waals surface area contributed by atoms with Crippen molar-refractivity contribution in [1.82, 2.24) is 19.5 Å². The summed E-state index contributed by atoms with van der Waals surface area (Å²) >= 11 is 0. The first-order chi connectivity index (χ1) is 16.9. The number of fused-ring (bicyclic) bond motifs is 1. The number of likely N-dealkylation sites (tertiary alicyclic amines) is 1. The quantitative estimate of drug-likeness (QED) is 0.356. The van der Waals surface area contributed by atoms with Crippen molar-refractivity contribution >= 4 is 17.3 Å². The Morgan fingerprint density at radius 1 is 0.886 bits per heavy atom. The Labute approximate surface area is 200 Å². The third-order valence-electron chi connectivity index (χ3n) is 5.73. The van der Waals surface area contributed by atoms with Crippen LogP contribution in [0, 0.1) is 0 Å². The Bertz CT molecular complexity index is 1270. The molecule has 0 bridgehead atoms. The van der Waals surface area contributed by atoms with Crippen LogP contribution in [0.2, 0.25) is 0 Å². The van der Waals surface area contributed by atoms with E-state index in [1.807, 2.05) is 36.4 Å². The fourth-order valence-electron chi connectivity index (χ4n) is 4.07. The molecule has 1 aliphatic heterocycles. The number of nitrogens with one attached hydrogen (secondary N) is 1. The van der Waals surface area contributed by atoms with Gasteiger partial charge < -0.3 is 14.8 Å². The van der Waals surface area contributed by atoms with E-state index in [4.69, 9.17) is 4.74 Å². The number of halogens is 3. The van der Waals surface area contributed by atoms with Gasteiger partial charge in [0.15, 0.2) is 5.65 Å². The van der Waals surface area contributed by atoms with Crippen molar-refractivity contribution in [2.45, 2.75) is 19.2 Å². The third-order valence-corrected chi connectivity index (χ3v) is 5.73. The molecule has 0 spiro atoms. The topological polar surface area (TPSA) is 63.9 Å². The maximum atomic E-state index is 12.4. The molecule has 1 saturated heterocycles. The molecule has 0 atom stereocenters. The van der Waals surface area contributed by atoms with Gasteiger partial charge in [0.2, 0.25) is 5.95 Å². The molecule has 0 amide bonds. The van der Waals surface area contributed by atoms with Crippen LogP contribution in [0.1, 0.15) is 12.8 Å². The smallest absolute Gasteiger partial charge is 0.492 e. The monoisotopic (exact) mass is 483 g/mol. The normalized spacial score (nSPS) is 14.4. The number of ether oxygens (including phenoxy) is 2. The zero-order chi connectivity index (χ0) is 24.3. The van der Waals surface area contributed by atoms with E-state index in [1.165, 1.54) is 25.0 Å². The summed E-state index contributed by atoms with van der Waals surface area (Å²) in [5, 5.41) is 7.71. The fourth-order valence-corrected chi connectivity index (χ4v) is 4.07. The summed E-state index contributed by atoms with van der Waals surface area (Å²) in [6, 6.07) is 18.7. The molecule has 0 saturated carbocycles. The molecule has 35 heavy (non-hydrogen) atoms. The predicted octanol–water partition coefficient (Wildman–Crippen LogP) is 5.51. The van der Waals surface area contributed by atoms with E-state index in [9.17, 15) is 13.2 Å². The summed E-state index contributed by atoms with van der Waals surface area (Å²) in [6.45, 7) is 3.90. The SMILES string of the molecule is FC(F)(F)Oc1ccc(-c2cccc3nc(Nc4ccc(OCCN5CCCC5)cc4)nn23)cc1. The lowest BCUT2D eigenvalue weighted by Gasteiger charge is -2.15. The zero-order valence-corrected chi connectivity index (χ0v) is 18.8. The maximum Gasteiger partial charge on any atom is 0.573 e. The van der Waals surface area contributed by atoms with E-state index >= 15 is 0 Å². The van der Waals surface area contributed by atoms with Crippen molar-refractivity contribution in [1.29, 1.82) is 0 Å². The summed E-state index contributed by atoms with van der Waals surface area (Å²) < 4.78 is 48.7. The second-order valence-corrected chi connectivity index (χ2v) is 8.24. The second-order valence-electron chi connectivity index (χ2n) is 8.24. The van der Waals surface area contributed by atoms with E-state index in [2.05, 4.69) is 25.0 Å². The summed E-state index contributed by atoms with van der Waals surface area (Å²) in [6.07, 6.45) is -2.20. The van der Waals surface area contributed by atoms with Gasteiger partial charge in [0.1, 0.15) is 18.1 Å². The van der Waals surface area contributed by atoms with Crippen LogP contribution in [0.25, 0.3) is 16.9 Å². The van der Waals surface area contributed by atoms with Gasteiger partial charge in [0, 0.05) is 17.8 Å². The summed E-state index contributed by atoms with van der Waals surface area (Å²) in [5.41, 5.74) is 2.77. The van der Waals surface area contributed by atoms with Crippen molar-refractivity contribution in [2.24, 2.45) is 0 Å². The number of hydrogen-bond acceptors (Lipinski definition) is 6. The molecule has 1 aliphatic rings. The summed E-state index contributed by atoms with van der Waals surface area (Å²) in [4.78, 5) is 6.91. The number of benzene rings is 2. The predicted molar refractivity (Wildman–Crippen MR) is 126 cm³/mol. The van der Waals surface area contributed by atoms with Crippen LogP contribution in [0.5, 0.6) is 11.5 Å². The van der Waals surface area contributed by atoms with Crippen LogP contribution in [-0.4, -0.2) is 52.1 Å². The average molecular weight is 483 g/mol. The fraction of sp³-hybridized carbons (Fsp3) is 0.280. The number of hydrogen-bond donors (Lipinski definition) is 1. The van der Waals surface area contributed by atoms with Gasteiger partial charge in [0.05, 0.1) is 5.69 Å². The van der Waals surface area contributed by atoms with Crippen LogP contribution in [0.15, 0.2) is 66.7 Å². The van der Waals surface area contributed by atoms with Gasteiger partial charge in [0.25, 0.3) is 0 Å². The number of aromatic nitrogens is 3. The van der Waals surface area contributed by atoms with Gasteiger partial charge in [-0.2, -0.15) is 4.98 Å². The zero-order valence-electron chi connectivity index (χ0n) is 18.8. The van der Waals surface area contributed by atoms with E-state index in [0.717, 1.165) is 31.1 Å². The van der Waals surface area contributed by atoms with Gasteiger partial charge in [-0.3, -0.25) is 4.90 Å². The molecule has 182 valence electrons. The summed E-state index contributed by atoms with van der Waals surface area (Å²) in [7, 11) is 0. The molecule has 4 aromatic rings. The van der Waals surface area contributed by atoms with Crippen LogP contribution in [0.4, 0.5) is 24.8 Å². The molecule has 7 nitrogen and oxygen atoms in total. The molecule has 10 heteroatoms. The Kier molecular flexibility index (Phi) is 6.45. The molecule has 1 N–H and O–H groups in total. The lowest BCUT2D eigenvalue weighted by Crippen LogP contribution is -2.25. The van der Waals surface area contributed by atoms with Gasteiger partial charge in [-0.25, -0.2) is 4.52 Å². The Balaban J connectivity index is 1.26. The van der Waals surface area contributed by atoms with Gasteiger partial charge >= 0.3 is 6.36 Å². The standard InChI is InChI=1S/C25H24F3N5O2/c26-25(27,28)35-21-10-6-18(7-11-21)22-4-3-5-23-30-24(31-33(22)23)29-19-8-12-20(13-9-19)34-17-16-32-14-1-2-15-32/h3-13H,1-2,14-17H2,(H,29,31). The first-order valence-electron chi connectivity index (χ1n) is 11.4. The highest BCUT2D eigenvalue weighted by molar-refractivity contribution is 5.65. The Morgan fingerprint density at radius 3 is 2.31 bits per heavy atom. The van der Waals surface area contributed by atoms with E-state index < -0.39 is 6.36 Å². The molecule has 5 rings (SSSR count). The number of anilines is 2. The van der Waals surface area contributed by atoms with Crippen molar-refractivity contribution in [3.05, 3.63) is 66.7 Å². The number of alkyl halides is 3. The number of nitrogens with zero attached hydrogens (tertiary/aromatic N) is 4. The van der Waals surface area contributed by atoms with Crippen molar-refractivity contribution in [3.8, 4) is 22.8 Å². The molecular weight excluding hydrogens is 459 g/mol. The Hall–Kier alpha value is -3.79. The van der Waals surface area contributed by atoms with E-state index in [1.54, 1.807) is 22.7 Å². The number of rotatable bonds is 8. The van der Waals surface area contributed by atoms with Crippen LogP contribution in [-0.2, 0) is 0 Å². The molecular formula is C25H24F3N5O2. The lowest BCUT2D eigenvalue weighted by molar-refractivity contribution is -0.274. The Morgan fingerprint density at radius 2 is 1.60 bits per heavy atom. The molecule has 1 fully saturated rings. The molecule has 0 aliphatic carbocycles. The molecule has 2 aromatic carbocycles. The molecule has 3 heterocycles. The first kappa shape index (κ1) is 23.0. The van der Waals surface area contributed by atoms with Crippen LogP contribution < -0.4 is 14.8 Å². The average Bonchev–Trinajstić information content (AvgIpc) is 3.49. The summed E-state index contributed by atoms with van der Waals surface area (Å²) in [5.74, 6) is 0.924.